The molecule has 0 radical (unpaired) electrons. The molecule has 1 aliphatic rings. The predicted molar refractivity (Wildman–Crippen MR) is 70.2 cm³/mol. The quantitative estimate of drug-likeness (QED) is 0.885. The maximum atomic E-state index is 13.6. The second-order valence-electron chi connectivity index (χ2n) is 4.97. The molecule has 0 spiro atoms. The van der Waals surface area contributed by atoms with Crippen molar-refractivity contribution >= 4 is 11.8 Å². The summed E-state index contributed by atoms with van der Waals surface area (Å²) in [5.74, 6) is -2.56. The molecule has 0 aliphatic carbocycles. The predicted octanol–water partition coefficient (Wildman–Crippen LogP) is 0.608. The fourth-order valence-electron chi connectivity index (χ4n) is 2.44. The monoisotopic (exact) mass is 298 g/mol. The second kappa shape index (κ2) is 6.17. The summed E-state index contributed by atoms with van der Waals surface area (Å²) >= 11 is 0. The van der Waals surface area contributed by atoms with Crippen molar-refractivity contribution < 1.29 is 23.1 Å². The van der Waals surface area contributed by atoms with Crippen LogP contribution in [0.1, 0.15) is 12.0 Å². The van der Waals surface area contributed by atoms with E-state index in [2.05, 4.69) is 0 Å². The lowest BCUT2D eigenvalue weighted by Gasteiger charge is -2.22. The van der Waals surface area contributed by atoms with Gasteiger partial charge >= 0.3 is 0 Å². The maximum absolute atomic E-state index is 13.6. The van der Waals surface area contributed by atoms with Gasteiger partial charge in [-0.25, -0.2) is 8.78 Å². The summed E-state index contributed by atoms with van der Waals surface area (Å²) in [6, 6.07) is 2.26. The van der Waals surface area contributed by atoms with Crippen LogP contribution in [0.25, 0.3) is 0 Å². The van der Waals surface area contributed by atoms with Crippen molar-refractivity contribution in [3.05, 3.63) is 35.4 Å². The zero-order valence-corrected chi connectivity index (χ0v) is 11.5. The topological polar surface area (TPSA) is 72.6 Å². The number of nitrogens with zero attached hydrogens (tertiary/aromatic N) is 1. The van der Waals surface area contributed by atoms with E-state index in [4.69, 9.17) is 10.5 Å². The largest absolute Gasteiger partial charge is 0.380 e. The van der Waals surface area contributed by atoms with Crippen molar-refractivity contribution in [2.45, 2.75) is 25.0 Å². The van der Waals surface area contributed by atoms with Gasteiger partial charge in [0.25, 0.3) is 0 Å². The SMILES string of the molecule is CO[C@H]1C[C@@H](C(N)=O)N(C(=O)Cc2ccc(F)cc2F)C1. The average Bonchev–Trinajstić information content (AvgIpc) is 2.86. The molecule has 2 N–H and O–H groups in total. The molecule has 2 rings (SSSR count). The Morgan fingerprint density at radius 3 is 2.71 bits per heavy atom. The van der Waals surface area contributed by atoms with Crippen LogP contribution >= 0.6 is 0 Å². The fraction of sp³-hybridized carbons (Fsp3) is 0.429. The molecule has 5 nitrogen and oxygen atoms in total. The third kappa shape index (κ3) is 3.36. The van der Waals surface area contributed by atoms with Gasteiger partial charge in [-0.1, -0.05) is 6.07 Å². The van der Waals surface area contributed by atoms with Crippen LogP contribution in [-0.2, 0) is 20.7 Å². The van der Waals surface area contributed by atoms with Crippen LogP contribution in [-0.4, -0.2) is 42.5 Å². The number of likely N-dealkylation sites (tertiary alicyclic amines) is 1. The van der Waals surface area contributed by atoms with E-state index in [-0.39, 0.29) is 24.6 Å². The van der Waals surface area contributed by atoms with E-state index >= 15 is 0 Å². The average molecular weight is 298 g/mol. The Morgan fingerprint density at radius 2 is 2.14 bits per heavy atom. The first-order chi connectivity index (χ1) is 9.92. The molecule has 21 heavy (non-hydrogen) atoms. The summed E-state index contributed by atoms with van der Waals surface area (Å²) < 4.78 is 31.5. The van der Waals surface area contributed by atoms with Gasteiger partial charge in [0.2, 0.25) is 11.8 Å². The Bertz CT molecular complexity index is 565. The molecule has 1 aliphatic heterocycles. The number of hydrogen-bond donors (Lipinski definition) is 1. The molecule has 1 aromatic rings. The van der Waals surface area contributed by atoms with Crippen LogP contribution in [0.4, 0.5) is 8.78 Å². The first kappa shape index (κ1) is 15.4. The van der Waals surface area contributed by atoms with E-state index in [1.54, 1.807) is 0 Å². The minimum absolute atomic E-state index is 0.0745. The van der Waals surface area contributed by atoms with Crippen molar-refractivity contribution in [1.82, 2.24) is 4.90 Å². The number of rotatable bonds is 4. The Kier molecular flexibility index (Phi) is 4.52. The van der Waals surface area contributed by atoms with Crippen LogP contribution in [0.2, 0.25) is 0 Å². The molecule has 1 fully saturated rings. The minimum atomic E-state index is -0.790. The summed E-state index contributed by atoms with van der Waals surface area (Å²) in [4.78, 5) is 24.9. The summed E-state index contributed by atoms with van der Waals surface area (Å²) in [6.45, 7) is 0.228. The Balaban J connectivity index is 2.13. The summed E-state index contributed by atoms with van der Waals surface area (Å²) in [5.41, 5.74) is 5.35. The number of methoxy groups -OCH3 is 1. The number of amides is 2. The van der Waals surface area contributed by atoms with Crippen LogP contribution in [0.15, 0.2) is 18.2 Å². The summed E-state index contributed by atoms with van der Waals surface area (Å²) in [7, 11) is 1.48. The Morgan fingerprint density at radius 1 is 1.43 bits per heavy atom. The van der Waals surface area contributed by atoms with Crippen LogP contribution < -0.4 is 5.73 Å². The van der Waals surface area contributed by atoms with E-state index in [1.165, 1.54) is 18.1 Å². The van der Waals surface area contributed by atoms with E-state index < -0.39 is 29.5 Å². The normalized spacial score (nSPS) is 21.6. The number of primary amides is 1. The number of benzene rings is 1. The summed E-state index contributed by atoms with van der Waals surface area (Å²) in [6.07, 6.45) is -0.208. The second-order valence-corrected chi connectivity index (χ2v) is 4.97. The van der Waals surface area contributed by atoms with Crippen LogP contribution in [0, 0.1) is 11.6 Å². The van der Waals surface area contributed by atoms with Gasteiger partial charge in [-0.2, -0.15) is 0 Å². The number of carbonyl (C=O) groups is 2. The first-order valence-electron chi connectivity index (χ1n) is 6.48. The summed E-state index contributed by atoms with van der Waals surface area (Å²) in [5, 5.41) is 0. The zero-order chi connectivity index (χ0) is 15.6. The van der Waals surface area contributed by atoms with Crippen LogP contribution in [0.5, 0.6) is 0 Å². The van der Waals surface area contributed by atoms with E-state index in [9.17, 15) is 18.4 Å². The highest BCUT2D eigenvalue weighted by molar-refractivity contribution is 5.88. The van der Waals surface area contributed by atoms with Gasteiger partial charge in [-0.05, 0) is 11.6 Å². The van der Waals surface area contributed by atoms with Crippen molar-refractivity contribution in [2.24, 2.45) is 5.73 Å². The molecule has 1 heterocycles. The lowest BCUT2D eigenvalue weighted by Crippen LogP contribution is -2.44. The smallest absolute Gasteiger partial charge is 0.240 e. The minimum Gasteiger partial charge on any atom is -0.380 e. The Hall–Kier alpha value is -2.02. The lowest BCUT2D eigenvalue weighted by molar-refractivity contribution is -0.136. The molecule has 1 saturated heterocycles. The third-order valence-corrected chi connectivity index (χ3v) is 3.60. The highest BCUT2D eigenvalue weighted by Crippen LogP contribution is 2.21. The molecular formula is C14H16F2N2O3. The van der Waals surface area contributed by atoms with Gasteiger partial charge < -0.3 is 15.4 Å². The molecule has 1 aromatic carbocycles. The van der Waals surface area contributed by atoms with E-state index in [0.29, 0.717) is 6.42 Å². The van der Waals surface area contributed by atoms with Gasteiger partial charge in [-0.15, -0.1) is 0 Å². The van der Waals surface area contributed by atoms with Crippen molar-refractivity contribution in [3.63, 3.8) is 0 Å². The van der Waals surface area contributed by atoms with Gasteiger partial charge in [0.15, 0.2) is 0 Å². The number of halogens is 2. The van der Waals surface area contributed by atoms with Gasteiger partial charge in [0, 0.05) is 26.1 Å². The van der Waals surface area contributed by atoms with Crippen molar-refractivity contribution in [1.29, 1.82) is 0 Å². The van der Waals surface area contributed by atoms with Gasteiger partial charge in [0.1, 0.15) is 17.7 Å². The van der Waals surface area contributed by atoms with E-state index in [0.717, 1.165) is 12.1 Å². The molecule has 2 amide bonds. The lowest BCUT2D eigenvalue weighted by atomic mass is 10.1. The van der Waals surface area contributed by atoms with Crippen molar-refractivity contribution in [3.8, 4) is 0 Å². The standard InChI is InChI=1S/C14H16F2N2O3/c1-21-10-6-12(14(17)20)18(7-10)13(19)4-8-2-3-9(15)5-11(8)16/h2-3,5,10,12H,4,6-7H2,1H3,(H2,17,20)/t10-,12-/m0/s1. The highest BCUT2D eigenvalue weighted by Gasteiger charge is 2.38. The number of ether oxygens (including phenoxy) is 1. The molecule has 7 heteroatoms. The van der Waals surface area contributed by atoms with Gasteiger partial charge in [-0.3, -0.25) is 9.59 Å². The molecule has 0 aromatic heterocycles. The Labute approximate surface area is 120 Å². The van der Waals surface area contributed by atoms with Crippen molar-refractivity contribution in [2.75, 3.05) is 13.7 Å². The molecule has 0 saturated carbocycles. The zero-order valence-electron chi connectivity index (χ0n) is 11.5. The van der Waals surface area contributed by atoms with Gasteiger partial charge in [0.05, 0.1) is 12.5 Å². The van der Waals surface area contributed by atoms with E-state index in [1.807, 2.05) is 0 Å². The highest BCUT2D eigenvalue weighted by atomic mass is 19.1. The molecule has 0 bridgehead atoms. The molecule has 0 unspecified atom stereocenters. The number of nitrogens with two attached hydrogens (primary N) is 1. The fourth-order valence-corrected chi connectivity index (χ4v) is 2.44. The number of hydrogen-bond acceptors (Lipinski definition) is 3. The molecular weight excluding hydrogens is 282 g/mol. The maximum Gasteiger partial charge on any atom is 0.240 e. The van der Waals surface area contributed by atoms with Crippen LogP contribution in [0.3, 0.4) is 0 Å². The molecule has 114 valence electrons. The third-order valence-electron chi connectivity index (χ3n) is 3.60. The first-order valence-corrected chi connectivity index (χ1v) is 6.48. The molecule has 2 atom stereocenters. The number of carbonyl (C=O) groups excluding carboxylic acids is 2.